The highest BCUT2D eigenvalue weighted by molar-refractivity contribution is 5.43. The van der Waals surface area contributed by atoms with E-state index in [-0.39, 0.29) is 11.6 Å². The maximum absolute atomic E-state index is 12.0. The van der Waals surface area contributed by atoms with Crippen molar-refractivity contribution < 1.29 is 14.6 Å². The summed E-state index contributed by atoms with van der Waals surface area (Å²) in [6, 6.07) is 5.80. The van der Waals surface area contributed by atoms with Crippen LogP contribution in [0.4, 0.5) is 10.2 Å². The lowest BCUT2D eigenvalue weighted by molar-refractivity contribution is 0.419. The number of anilines is 1. The van der Waals surface area contributed by atoms with Gasteiger partial charge in [-0.1, -0.05) is 0 Å². The van der Waals surface area contributed by atoms with Crippen molar-refractivity contribution >= 4 is 5.82 Å². The predicted octanol–water partition coefficient (Wildman–Crippen LogP) is 1.30. The van der Waals surface area contributed by atoms with Gasteiger partial charge in [-0.2, -0.15) is 4.39 Å². The van der Waals surface area contributed by atoms with Crippen LogP contribution in [0.1, 0.15) is 0 Å². The number of halogens is 1. The molecule has 2 heterocycles. The van der Waals surface area contributed by atoms with Gasteiger partial charge in [-0.05, 0) is 24.3 Å². The van der Waals surface area contributed by atoms with Gasteiger partial charge in [0, 0.05) is 12.4 Å². The Morgan fingerprint density at radius 2 is 1.56 bits per heavy atom. The zero-order chi connectivity index (χ0) is 12.0. The van der Waals surface area contributed by atoms with Crippen molar-refractivity contribution in [2.75, 3.05) is 5.73 Å². The van der Waals surface area contributed by atoms with Gasteiger partial charge in [0.15, 0.2) is 17.3 Å². The van der Waals surface area contributed by atoms with E-state index in [4.69, 9.17) is 15.9 Å². The molecule has 0 aliphatic rings. The molecule has 16 heavy (non-hydrogen) atoms. The number of aromatic nitrogens is 2. The first-order valence-corrected chi connectivity index (χ1v) is 4.30. The molecule has 4 N–H and O–H groups in total. The second kappa shape index (κ2) is 5.50. The van der Waals surface area contributed by atoms with Crippen LogP contribution in [0.15, 0.2) is 36.7 Å². The number of rotatable bonds is 0. The molecular weight excluding hydrogens is 213 g/mol. The fraction of sp³-hybridized carbons (Fsp3) is 0. The van der Waals surface area contributed by atoms with Crippen molar-refractivity contribution in [1.29, 1.82) is 0 Å². The fourth-order valence-corrected chi connectivity index (χ4v) is 0.787. The molecule has 0 saturated heterocycles. The monoisotopic (exact) mass is 223 g/mol. The zero-order valence-electron chi connectivity index (χ0n) is 8.21. The summed E-state index contributed by atoms with van der Waals surface area (Å²) in [6.07, 6.45) is 2.80. The van der Waals surface area contributed by atoms with Crippen LogP contribution in [0.3, 0.4) is 0 Å². The summed E-state index contributed by atoms with van der Waals surface area (Å²) >= 11 is 0. The Morgan fingerprint density at radius 3 is 1.88 bits per heavy atom. The molecule has 0 amide bonds. The quantitative estimate of drug-likeness (QED) is 0.585. The van der Waals surface area contributed by atoms with Crippen LogP contribution in [0.5, 0.6) is 11.5 Å². The molecule has 5 nitrogen and oxygen atoms in total. The summed E-state index contributed by atoms with van der Waals surface area (Å²) in [4.78, 5) is 6.77. The van der Waals surface area contributed by atoms with E-state index < -0.39 is 11.7 Å². The highest BCUT2D eigenvalue weighted by atomic mass is 19.1. The topological polar surface area (TPSA) is 92.3 Å². The van der Waals surface area contributed by atoms with Crippen LogP contribution < -0.4 is 5.73 Å². The molecule has 2 aromatic rings. The van der Waals surface area contributed by atoms with Crippen molar-refractivity contribution in [1.82, 2.24) is 9.97 Å². The molecule has 0 aromatic carbocycles. The molecule has 2 aromatic heterocycles. The lowest BCUT2D eigenvalue weighted by Gasteiger charge is -1.91. The Balaban J connectivity index is 0.000000160. The van der Waals surface area contributed by atoms with Gasteiger partial charge in [0.25, 0.3) is 5.95 Å². The number of pyridine rings is 2. The largest absolute Gasteiger partial charge is 0.504 e. The van der Waals surface area contributed by atoms with E-state index in [2.05, 4.69) is 9.97 Å². The molecule has 0 radical (unpaired) electrons. The van der Waals surface area contributed by atoms with E-state index in [9.17, 15) is 4.39 Å². The Kier molecular flexibility index (Phi) is 4.02. The number of hydrogen-bond donors (Lipinski definition) is 3. The Labute approximate surface area is 91.0 Å². The number of nitrogen functional groups attached to an aromatic ring is 1. The molecular formula is C10H10FN3O2. The SMILES string of the molecule is Nc1ncccc1O.Oc1cccnc1F. The third kappa shape index (κ3) is 3.41. The van der Waals surface area contributed by atoms with E-state index in [0.717, 1.165) is 0 Å². The Hall–Kier alpha value is -2.37. The lowest BCUT2D eigenvalue weighted by Crippen LogP contribution is -1.87. The van der Waals surface area contributed by atoms with Gasteiger partial charge in [0.2, 0.25) is 0 Å². The summed E-state index contributed by atoms with van der Waals surface area (Å²) in [7, 11) is 0. The highest BCUT2D eigenvalue weighted by Gasteiger charge is 1.94. The van der Waals surface area contributed by atoms with E-state index in [0.29, 0.717) is 0 Å². The molecule has 2 rings (SSSR count). The minimum Gasteiger partial charge on any atom is -0.504 e. The third-order valence-corrected chi connectivity index (χ3v) is 1.56. The van der Waals surface area contributed by atoms with Gasteiger partial charge < -0.3 is 15.9 Å². The standard InChI is InChI=1S/C5H4FNO.C5H6N2O/c2*6-5-4(8)2-1-3-7-5/h1-3,8H;1-3,8H,(H2,6,7). The van der Waals surface area contributed by atoms with Gasteiger partial charge >= 0.3 is 0 Å². The molecule has 0 spiro atoms. The van der Waals surface area contributed by atoms with E-state index >= 15 is 0 Å². The van der Waals surface area contributed by atoms with Gasteiger partial charge in [-0.3, -0.25) is 0 Å². The first-order valence-electron chi connectivity index (χ1n) is 4.30. The normalized spacial score (nSPS) is 9.06. The van der Waals surface area contributed by atoms with Crippen LogP contribution in [-0.4, -0.2) is 20.2 Å². The van der Waals surface area contributed by atoms with Crippen molar-refractivity contribution in [2.45, 2.75) is 0 Å². The second-order valence-corrected chi connectivity index (χ2v) is 2.72. The van der Waals surface area contributed by atoms with E-state index in [1.54, 1.807) is 6.07 Å². The number of nitrogens with two attached hydrogens (primary N) is 1. The fourth-order valence-electron chi connectivity index (χ4n) is 0.787. The summed E-state index contributed by atoms with van der Waals surface area (Å²) < 4.78 is 12.0. The first-order chi connectivity index (χ1) is 7.61. The van der Waals surface area contributed by atoms with E-state index in [1.807, 2.05) is 0 Å². The third-order valence-electron chi connectivity index (χ3n) is 1.56. The summed E-state index contributed by atoms with van der Waals surface area (Å²) in [6.45, 7) is 0. The van der Waals surface area contributed by atoms with Crippen LogP contribution in [-0.2, 0) is 0 Å². The van der Waals surface area contributed by atoms with Gasteiger partial charge in [0.1, 0.15) is 0 Å². The first kappa shape index (κ1) is 11.7. The van der Waals surface area contributed by atoms with Crippen molar-refractivity contribution in [2.24, 2.45) is 0 Å². The molecule has 0 saturated carbocycles. The van der Waals surface area contributed by atoms with Crippen molar-refractivity contribution in [3.8, 4) is 11.5 Å². The summed E-state index contributed by atoms with van der Waals surface area (Å²) in [5.74, 6) is -1.03. The number of hydrogen-bond acceptors (Lipinski definition) is 5. The molecule has 0 atom stereocenters. The van der Waals surface area contributed by atoms with Crippen LogP contribution >= 0.6 is 0 Å². The molecule has 84 valence electrons. The van der Waals surface area contributed by atoms with Gasteiger partial charge in [-0.25, -0.2) is 9.97 Å². The Bertz CT molecular complexity index is 380. The van der Waals surface area contributed by atoms with Gasteiger partial charge in [0.05, 0.1) is 0 Å². The maximum Gasteiger partial charge on any atom is 0.254 e. The summed E-state index contributed by atoms with van der Waals surface area (Å²) in [5.41, 5.74) is 5.16. The van der Waals surface area contributed by atoms with Gasteiger partial charge in [-0.15, -0.1) is 0 Å². The number of aromatic hydroxyl groups is 2. The lowest BCUT2D eigenvalue weighted by atomic mass is 10.4. The molecule has 0 aliphatic carbocycles. The van der Waals surface area contributed by atoms with Crippen molar-refractivity contribution in [3.05, 3.63) is 42.6 Å². The van der Waals surface area contributed by atoms with Crippen LogP contribution in [0.25, 0.3) is 0 Å². The smallest absolute Gasteiger partial charge is 0.254 e. The molecule has 0 fully saturated rings. The highest BCUT2D eigenvalue weighted by Crippen LogP contribution is 2.12. The van der Waals surface area contributed by atoms with Crippen LogP contribution in [0.2, 0.25) is 0 Å². The second-order valence-electron chi connectivity index (χ2n) is 2.72. The predicted molar refractivity (Wildman–Crippen MR) is 56.2 cm³/mol. The maximum atomic E-state index is 12.0. The molecule has 0 unspecified atom stereocenters. The number of nitrogens with zero attached hydrogens (tertiary/aromatic N) is 2. The summed E-state index contributed by atoms with van der Waals surface area (Å²) in [5, 5.41) is 17.2. The van der Waals surface area contributed by atoms with E-state index in [1.165, 1.54) is 30.6 Å². The zero-order valence-corrected chi connectivity index (χ0v) is 8.21. The van der Waals surface area contributed by atoms with Crippen molar-refractivity contribution in [3.63, 3.8) is 0 Å². The van der Waals surface area contributed by atoms with Crippen LogP contribution in [0, 0.1) is 5.95 Å². The molecule has 6 heteroatoms. The average molecular weight is 223 g/mol. The minimum atomic E-state index is -0.826. The molecule has 0 aliphatic heterocycles. The Morgan fingerprint density at radius 1 is 1.00 bits per heavy atom. The average Bonchev–Trinajstić information content (AvgIpc) is 2.28. The minimum absolute atomic E-state index is 0.0347. The molecule has 0 bridgehead atoms.